The van der Waals surface area contributed by atoms with Crippen LogP contribution in [0.15, 0.2) is 24.3 Å². The predicted molar refractivity (Wildman–Crippen MR) is 52.3 cm³/mol. The maximum Gasteiger partial charge on any atom is 0.299 e. The third-order valence-electron chi connectivity index (χ3n) is 1.60. The van der Waals surface area contributed by atoms with Crippen molar-refractivity contribution >= 4 is 11.3 Å². The first-order chi connectivity index (χ1) is 7.28. The molecule has 1 aromatic heterocycles. The molecule has 1 aromatic carbocycles. The maximum atomic E-state index is 12.6. The Kier molecular flexibility index (Phi) is 2.89. The Bertz CT molecular complexity index is 444. The smallest absolute Gasteiger partial charge is 0.299 e. The Morgan fingerprint density at radius 1 is 1.27 bits per heavy atom. The molecule has 0 aliphatic carbocycles. The normalized spacial score (nSPS) is 10.3. The molecule has 1 heterocycles. The zero-order chi connectivity index (χ0) is 10.7. The fraction of sp³-hybridized carbons (Fsp3) is 0.111. The van der Waals surface area contributed by atoms with Gasteiger partial charge in [0.25, 0.3) is 5.19 Å². The zero-order valence-corrected chi connectivity index (χ0v) is 8.37. The summed E-state index contributed by atoms with van der Waals surface area (Å²) in [5.41, 5.74) is 0. The van der Waals surface area contributed by atoms with Crippen LogP contribution in [0.25, 0.3) is 0 Å². The van der Waals surface area contributed by atoms with E-state index in [0.29, 0.717) is 16.0 Å². The molecule has 0 bridgehead atoms. The second kappa shape index (κ2) is 4.33. The number of aliphatic hydroxyl groups is 1. The Hall–Kier alpha value is -1.53. The molecule has 0 fully saturated rings. The van der Waals surface area contributed by atoms with Gasteiger partial charge in [0.1, 0.15) is 16.6 Å². The van der Waals surface area contributed by atoms with Gasteiger partial charge in [0.2, 0.25) is 0 Å². The molecule has 0 atom stereocenters. The highest BCUT2D eigenvalue weighted by Crippen LogP contribution is 2.24. The van der Waals surface area contributed by atoms with Gasteiger partial charge in [-0.25, -0.2) is 4.39 Å². The maximum absolute atomic E-state index is 12.6. The lowest BCUT2D eigenvalue weighted by Gasteiger charge is -1.99. The SMILES string of the molecule is OCc1nnc(Oc2ccc(F)cc2)s1. The summed E-state index contributed by atoms with van der Waals surface area (Å²) in [7, 11) is 0. The van der Waals surface area contributed by atoms with E-state index in [1.54, 1.807) is 0 Å². The predicted octanol–water partition coefficient (Wildman–Crippen LogP) is 1.96. The summed E-state index contributed by atoms with van der Waals surface area (Å²) in [6.45, 7) is -0.162. The minimum Gasteiger partial charge on any atom is -0.430 e. The monoisotopic (exact) mass is 226 g/mol. The highest BCUT2D eigenvalue weighted by atomic mass is 32.1. The molecular formula is C9H7FN2O2S. The molecule has 0 amide bonds. The summed E-state index contributed by atoms with van der Waals surface area (Å²) in [5.74, 6) is 0.160. The van der Waals surface area contributed by atoms with Crippen molar-refractivity contribution in [3.05, 3.63) is 35.1 Å². The van der Waals surface area contributed by atoms with Crippen LogP contribution in [0.1, 0.15) is 5.01 Å². The standard InChI is InChI=1S/C9H7FN2O2S/c10-6-1-3-7(4-2-6)14-9-12-11-8(5-13)15-9/h1-4,13H,5H2. The number of benzene rings is 1. The van der Waals surface area contributed by atoms with Gasteiger partial charge in [0.05, 0.1) is 6.61 Å². The number of aromatic nitrogens is 2. The highest BCUT2D eigenvalue weighted by molar-refractivity contribution is 7.13. The molecule has 2 rings (SSSR count). The first-order valence-corrected chi connectivity index (χ1v) is 4.96. The van der Waals surface area contributed by atoms with Gasteiger partial charge >= 0.3 is 0 Å². The van der Waals surface area contributed by atoms with Gasteiger partial charge in [-0.1, -0.05) is 16.4 Å². The van der Waals surface area contributed by atoms with E-state index in [1.165, 1.54) is 24.3 Å². The number of nitrogens with zero attached hydrogens (tertiary/aromatic N) is 2. The van der Waals surface area contributed by atoms with Gasteiger partial charge in [-0.2, -0.15) is 0 Å². The van der Waals surface area contributed by atoms with Gasteiger partial charge in [-0.05, 0) is 24.3 Å². The van der Waals surface area contributed by atoms with Crippen molar-refractivity contribution in [2.24, 2.45) is 0 Å². The summed E-state index contributed by atoms with van der Waals surface area (Å²) in [4.78, 5) is 0. The molecule has 0 aliphatic rings. The van der Waals surface area contributed by atoms with E-state index in [1.807, 2.05) is 0 Å². The summed E-state index contributed by atoms with van der Waals surface area (Å²) in [5, 5.41) is 16.9. The molecule has 4 nitrogen and oxygen atoms in total. The summed E-state index contributed by atoms with van der Waals surface area (Å²) < 4.78 is 17.9. The quantitative estimate of drug-likeness (QED) is 0.869. The van der Waals surface area contributed by atoms with Gasteiger partial charge < -0.3 is 9.84 Å². The van der Waals surface area contributed by atoms with Gasteiger partial charge in [-0.3, -0.25) is 0 Å². The molecule has 0 unspecified atom stereocenters. The number of halogens is 1. The van der Waals surface area contributed by atoms with Crippen LogP contribution in [0.2, 0.25) is 0 Å². The molecule has 0 aliphatic heterocycles. The minimum absolute atomic E-state index is 0.162. The topological polar surface area (TPSA) is 55.2 Å². The van der Waals surface area contributed by atoms with Crippen molar-refractivity contribution in [1.29, 1.82) is 0 Å². The number of aliphatic hydroxyl groups excluding tert-OH is 1. The highest BCUT2D eigenvalue weighted by Gasteiger charge is 2.04. The van der Waals surface area contributed by atoms with Crippen molar-refractivity contribution in [1.82, 2.24) is 10.2 Å². The van der Waals surface area contributed by atoms with Crippen LogP contribution in [-0.2, 0) is 6.61 Å². The molecule has 0 saturated carbocycles. The van der Waals surface area contributed by atoms with Crippen molar-refractivity contribution in [2.45, 2.75) is 6.61 Å². The second-order valence-electron chi connectivity index (χ2n) is 2.68. The van der Waals surface area contributed by atoms with Gasteiger partial charge in [-0.15, -0.1) is 5.10 Å². The molecular weight excluding hydrogens is 219 g/mol. The van der Waals surface area contributed by atoms with E-state index in [4.69, 9.17) is 9.84 Å². The van der Waals surface area contributed by atoms with E-state index in [9.17, 15) is 4.39 Å². The summed E-state index contributed by atoms with van der Waals surface area (Å²) >= 11 is 1.14. The first kappa shape index (κ1) is 10.0. The third kappa shape index (κ3) is 2.48. The largest absolute Gasteiger partial charge is 0.430 e. The average molecular weight is 226 g/mol. The van der Waals surface area contributed by atoms with Crippen molar-refractivity contribution < 1.29 is 14.2 Å². The molecule has 0 saturated heterocycles. The van der Waals surface area contributed by atoms with Crippen LogP contribution >= 0.6 is 11.3 Å². The minimum atomic E-state index is -0.323. The van der Waals surface area contributed by atoms with Crippen molar-refractivity contribution in [3.63, 3.8) is 0 Å². The van der Waals surface area contributed by atoms with Crippen LogP contribution in [0.5, 0.6) is 10.9 Å². The van der Waals surface area contributed by atoms with E-state index in [-0.39, 0.29) is 12.4 Å². The lowest BCUT2D eigenvalue weighted by atomic mass is 10.3. The van der Waals surface area contributed by atoms with Crippen LogP contribution < -0.4 is 4.74 Å². The van der Waals surface area contributed by atoms with Crippen LogP contribution in [0.3, 0.4) is 0 Å². The van der Waals surface area contributed by atoms with Crippen molar-refractivity contribution in [2.75, 3.05) is 0 Å². The number of hydrogen-bond acceptors (Lipinski definition) is 5. The van der Waals surface area contributed by atoms with E-state index >= 15 is 0 Å². The Balaban J connectivity index is 2.11. The van der Waals surface area contributed by atoms with E-state index in [0.717, 1.165) is 11.3 Å². The lowest BCUT2D eigenvalue weighted by Crippen LogP contribution is -1.83. The molecule has 0 radical (unpaired) electrons. The number of rotatable bonds is 3. The van der Waals surface area contributed by atoms with Crippen LogP contribution in [-0.4, -0.2) is 15.3 Å². The fourth-order valence-corrected chi connectivity index (χ4v) is 1.51. The Morgan fingerprint density at radius 2 is 2.00 bits per heavy atom. The molecule has 2 aromatic rings. The van der Waals surface area contributed by atoms with Crippen LogP contribution in [0.4, 0.5) is 4.39 Å². The van der Waals surface area contributed by atoms with Crippen molar-refractivity contribution in [3.8, 4) is 10.9 Å². The molecule has 78 valence electrons. The first-order valence-electron chi connectivity index (χ1n) is 4.14. The van der Waals surface area contributed by atoms with E-state index in [2.05, 4.69) is 10.2 Å². The van der Waals surface area contributed by atoms with Gasteiger partial charge in [0.15, 0.2) is 0 Å². The molecule has 1 N–H and O–H groups in total. The number of ether oxygens (including phenoxy) is 1. The molecule has 0 spiro atoms. The molecule has 15 heavy (non-hydrogen) atoms. The van der Waals surface area contributed by atoms with E-state index < -0.39 is 0 Å². The average Bonchev–Trinajstić information content (AvgIpc) is 2.69. The van der Waals surface area contributed by atoms with Crippen LogP contribution in [0, 0.1) is 5.82 Å². The Morgan fingerprint density at radius 3 is 2.60 bits per heavy atom. The van der Waals surface area contributed by atoms with Gasteiger partial charge in [0, 0.05) is 0 Å². The summed E-state index contributed by atoms with van der Waals surface area (Å²) in [6, 6.07) is 5.58. The second-order valence-corrected chi connectivity index (χ2v) is 3.70. The molecule has 6 heteroatoms. The Labute approximate surface area is 89.0 Å². The summed E-state index contributed by atoms with van der Waals surface area (Å²) in [6.07, 6.45) is 0. The third-order valence-corrected chi connectivity index (χ3v) is 2.39. The number of hydrogen-bond donors (Lipinski definition) is 1. The lowest BCUT2D eigenvalue weighted by molar-refractivity contribution is 0.280. The fourth-order valence-electron chi connectivity index (χ4n) is 0.947. The zero-order valence-electron chi connectivity index (χ0n) is 7.55.